The summed E-state index contributed by atoms with van der Waals surface area (Å²) in [4.78, 5) is 0. The van der Waals surface area contributed by atoms with Crippen LogP contribution in [-0.2, 0) is 0 Å². The van der Waals surface area contributed by atoms with E-state index in [0.29, 0.717) is 0 Å². The highest BCUT2D eigenvalue weighted by Crippen LogP contribution is 2.49. The quantitative estimate of drug-likeness (QED) is 0.178. The minimum absolute atomic E-state index is 0.899. The lowest BCUT2D eigenvalue weighted by Gasteiger charge is -2.22. The Kier molecular flexibility index (Phi) is 6.25. The van der Waals surface area contributed by atoms with Crippen LogP contribution in [-0.4, -0.2) is 0 Å². The van der Waals surface area contributed by atoms with Crippen LogP contribution in [0.15, 0.2) is 186 Å². The molecule has 0 unspecified atom stereocenters. The summed E-state index contributed by atoms with van der Waals surface area (Å²) in [6, 6.07) is 65.9. The van der Waals surface area contributed by atoms with E-state index in [1.54, 1.807) is 0 Å². The van der Waals surface area contributed by atoms with E-state index in [1.165, 1.54) is 71.3 Å². The maximum Gasteiger partial charge on any atom is 0.136 e. The van der Waals surface area contributed by atoms with Gasteiger partial charge in [-0.15, -0.1) is 0 Å². The number of benzene rings is 9. The van der Waals surface area contributed by atoms with Crippen molar-refractivity contribution in [1.29, 1.82) is 0 Å². The molecule has 1 nitrogen and oxygen atoms in total. The van der Waals surface area contributed by atoms with Crippen molar-refractivity contribution < 1.29 is 4.42 Å². The van der Waals surface area contributed by atoms with Gasteiger partial charge in [0.15, 0.2) is 0 Å². The van der Waals surface area contributed by atoms with Crippen LogP contribution in [0.2, 0.25) is 0 Å². The van der Waals surface area contributed by atoms with Gasteiger partial charge in [0.2, 0.25) is 0 Å². The normalized spacial score (nSPS) is 11.7. The third-order valence-electron chi connectivity index (χ3n) is 10.1. The lowest BCUT2D eigenvalue weighted by molar-refractivity contribution is 0.669. The largest absolute Gasteiger partial charge is 0.456 e. The second-order valence-corrected chi connectivity index (χ2v) is 12.8. The first-order valence-corrected chi connectivity index (χ1v) is 16.8. The Hall–Kier alpha value is -6.44. The predicted octanol–water partition coefficient (Wildman–Crippen LogP) is 13.7. The van der Waals surface area contributed by atoms with E-state index < -0.39 is 0 Å². The zero-order valence-corrected chi connectivity index (χ0v) is 26.7. The van der Waals surface area contributed by atoms with Gasteiger partial charge in [-0.3, -0.25) is 0 Å². The van der Waals surface area contributed by atoms with Gasteiger partial charge in [0, 0.05) is 10.8 Å². The highest BCUT2D eigenvalue weighted by molar-refractivity contribution is 6.24. The van der Waals surface area contributed by atoms with Gasteiger partial charge in [-0.2, -0.15) is 0 Å². The van der Waals surface area contributed by atoms with Crippen molar-refractivity contribution in [2.45, 2.75) is 0 Å². The second kappa shape index (κ2) is 11.1. The molecule has 0 N–H and O–H groups in total. The Balaban J connectivity index is 1.33. The number of hydrogen-bond donors (Lipinski definition) is 0. The fourth-order valence-electron chi connectivity index (χ4n) is 7.87. The van der Waals surface area contributed by atoms with E-state index in [9.17, 15) is 0 Å². The van der Waals surface area contributed by atoms with Crippen molar-refractivity contribution in [3.8, 4) is 44.5 Å². The van der Waals surface area contributed by atoms with E-state index >= 15 is 0 Å². The molecule has 228 valence electrons. The summed E-state index contributed by atoms with van der Waals surface area (Å²) in [5, 5.41) is 9.73. The molecular weight excluding hydrogens is 593 g/mol. The highest BCUT2D eigenvalue weighted by Gasteiger charge is 2.22. The second-order valence-electron chi connectivity index (χ2n) is 12.8. The van der Waals surface area contributed by atoms with Crippen LogP contribution in [0.4, 0.5) is 0 Å². The van der Waals surface area contributed by atoms with E-state index in [0.717, 1.165) is 27.5 Å². The van der Waals surface area contributed by atoms with Gasteiger partial charge in [-0.05, 0) is 101 Å². The van der Waals surface area contributed by atoms with Gasteiger partial charge in [0.1, 0.15) is 11.2 Å². The third-order valence-corrected chi connectivity index (χ3v) is 10.1. The van der Waals surface area contributed by atoms with Crippen LogP contribution < -0.4 is 0 Å². The van der Waals surface area contributed by atoms with Crippen LogP contribution in [0.25, 0.3) is 98.8 Å². The summed E-state index contributed by atoms with van der Waals surface area (Å²) in [7, 11) is 0. The van der Waals surface area contributed by atoms with E-state index in [1.807, 2.05) is 12.1 Å². The molecule has 0 saturated heterocycles. The number of fused-ring (bicyclic) bond motifs is 6. The summed E-state index contributed by atoms with van der Waals surface area (Å²) in [5.41, 5.74) is 11.5. The lowest BCUT2D eigenvalue weighted by Crippen LogP contribution is -1.95. The molecule has 0 spiro atoms. The standard InChI is InChI=1S/C48H30O/c1-2-14-32(15-3-1)36-22-12-23-37(34-27-28-39-38-17-10-11-24-44(38)49-45(39)30-34)47(36)48-42-20-8-6-18-40(42)46(41-19-7-9-21-43(41)48)35-26-25-31-13-4-5-16-33(31)29-35/h1-30H. The molecule has 1 heterocycles. The third kappa shape index (κ3) is 4.40. The molecule has 0 aliphatic carbocycles. The van der Waals surface area contributed by atoms with Crippen molar-refractivity contribution >= 4 is 54.3 Å². The SMILES string of the molecule is c1ccc(-c2cccc(-c3ccc4c(c3)oc3ccccc34)c2-c2c3ccccc3c(-c3ccc4ccccc4c3)c3ccccc23)cc1. The Morgan fingerprint density at radius 3 is 1.55 bits per heavy atom. The molecule has 10 rings (SSSR count). The molecule has 10 aromatic rings. The zero-order valence-electron chi connectivity index (χ0n) is 26.7. The Morgan fingerprint density at radius 2 is 0.816 bits per heavy atom. The van der Waals surface area contributed by atoms with Crippen molar-refractivity contribution in [3.05, 3.63) is 182 Å². The van der Waals surface area contributed by atoms with Gasteiger partial charge in [0.05, 0.1) is 0 Å². The topological polar surface area (TPSA) is 13.1 Å². The minimum Gasteiger partial charge on any atom is -0.456 e. The molecule has 0 aliphatic heterocycles. The summed E-state index contributed by atoms with van der Waals surface area (Å²) < 4.78 is 6.41. The predicted molar refractivity (Wildman–Crippen MR) is 208 cm³/mol. The number of furan rings is 1. The van der Waals surface area contributed by atoms with Gasteiger partial charge in [-0.25, -0.2) is 0 Å². The van der Waals surface area contributed by atoms with E-state index in [4.69, 9.17) is 4.42 Å². The molecule has 0 aliphatic rings. The highest BCUT2D eigenvalue weighted by atomic mass is 16.3. The average molecular weight is 623 g/mol. The van der Waals surface area contributed by atoms with Crippen LogP contribution in [0.5, 0.6) is 0 Å². The average Bonchev–Trinajstić information content (AvgIpc) is 3.55. The summed E-state index contributed by atoms with van der Waals surface area (Å²) >= 11 is 0. The van der Waals surface area contributed by atoms with E-state index in [2.05, 4.69) is 170 Å². The minimum atomic E-state index is 0.899. The molecule has 0 bridgehead atoms. The van der Waals surface area contributed by atoms with Gasteiger partial charge in [-0.1, -0.05) is 158 Å². The molecule has 0 radical (unpaired) electrons. The molecule has 0 saturated carbocycles. The maximum absolute atomic E-state index is 6.41. The lowest BCUT2D eigenvalue weighted by atomic mass is 9.81. The first-order chi connectivity index (χ1) is 24.3. The maximum atomic E-state index is 6.41. The zero-order chi connectivity index (χ0) is 32.3. The monoisotopic (exact) mass is 622 g/mol. The molecule has 1 aromatic heterocycles. The summed E-state index contributed by atoms with van der Waals surface area (Å²) in [5.74, 6) is 0. The van der Waals surface area contributed by atoms with Crippen LogP contribution in [0.1, 0.15) is 0 Å². The molecular formula is C48H30O. The van der Waals surface area contributed by atoms with Gasteiger partial charge in [0.25, 0.3) is 0 Å². The van der Waals surface area contributed by atoms with Crippen molar-refractivity contribution in [2.24, 2.45) is 0 Å². The fraction of sp³-hybridized carbons (Fsp3) is 0. The van der Waals surface area contributed by atoms with Crippen molar-refractivity contribution in [2.75, 3.05) is 0 Å². The van der Waals surface area contributed by atoms with Gasteiger partial charge < -0.3 is 4.42 Å². The molecule has 0 fully saturated rings. The smallest absolute Gasteiger partial charge is 0.136 e. The summed E-state index contributed by atoms with van der Waals surface area (Å²) in [6.45, 7) is 0. The number of para-hydroxylation sites is 1. The van der Waals surface area contributed by atoms with Crippen molar-refractivity contribution in [1.82, 2.24) is 0 Å². The molecule has 49 heavy (non-hydrogen) atoms. The Bertz CT molecular complexity index is 2820. The molecule has 0 amide bonds. The molecule has 1 heteroatoms. The Morgan fingerprint density at radius 1 is 0.265 bits per heavy atom. The Labute approximate surface area is 284 Å². The number of hydrogen-bond acceptors (Lipinski definition) is 1. The van der Waals surface area contributed by atoms with Crippen LogP contribution >= 0.6 is 0 Å². The molecule has 0 atom stereocenters. The summed E-state index contributed by atoms with van der Waals surface area (Å²) in [6.07, 6.45) is 0. The fourth-order valence-corrected chi connectivity index (χ4v) is 7.87. The number of rotatable bonds is 4. The molecule has 9 aromatic carbocycles. The van der Waals surface area contributed by atoms with Crippen LogP contribution in [0, 0.1) is 0 Å². The van der Waals surface area contributed by atoms with Crippen LogP contribution in [0.3, 0.4) is 0 Å². The van der Waals surface area contributed by atoms with E-state index in [-0.39, 0.29) is 0 Å². The first kappa shape index (κ1) is 27.7. The van der Waals surface area contributed by atoms with Gasteiger partial charge >= 0.3 is 0 Å². The van der Waals surface area contributed by atoms with Crippen molar-refractivity contribution in [3.63, 3.8) is 0 Å². The first-order valence-electron chi connectivity index (χ1n) is 16.8.